The SMILES string of the molecule is CCNC(=NCCOc1cccnc1)N(C)Cc1cccn1C.I. The van der Waals surface area contributed by atoms with Crippen LogP contribution in [-0.4, -0.2) is 47.2 Å². The minimum absolute atomic E-state index is 0. The molecule has 0 atom stereocenters. The van der Waals surface area contributed by atoms with Crippen LogP contribution in [0.25, 0.3) is 0 Å². The maximum atomic E-state index is 5.62. The summed E-state index contributed by atoms with van der Waals surface area (Å²) in [4.78, 5) is 10.8. The first-order valence-electron chi connectivity index (χ1n) is 7.83. The van der Waals surface area contributed by atoms with Crippen molar-refractivity contribution in [3.05, 3.63) is 48.5 Å². The lowest BCUT2D eigenvalue weighted by Crippen LogP contribution is -2.39. The Bertz CT molecular complexity index is 614. The summed E-state index contributed by atoms with van der Waals surface area (Å²) >= 11 is 0. The third-order valence-electron chi connectivity index (χ3n) is 3.40. The second-order valence-corrected chi connectivity index (χ2v) is 5.24. The molecule has 0 aliphatic carbocycles. The van der Waals surface area contributed by atoms with Crippen LogP contribution in [-0.2, 0) is 13.6 Å². The zero-order valence-corrected chi connectivity index (χ0v) is 16.8. The Hall–Kier alpha value is -1.77. The number of aliphatic imine (C=N–C) groups is 1. The number of ether oxygens (including phenoxy) is 1. The topological polar surface area (TPSA) is 54.7 Å². The van der Waals surface area contributed by atoms with Gasteiger partial charge in [0.25, 0.3) is 0 Å². The van der Waals surface area contributed by atoms with Crippen molar-refractivity contribution in [1.82, 2.24) is 19.8 Å². The van der Waals surface area contributed by atoms with Crippen molar-refractivity contribution in [1.29, 1.82) is 0 Å². The van der Waals surface area contributed by atoms with Gasteiger partial charge in [-0.25, -0.2) is 4.99 Å². The van der Waals surface area contributed by atoms with Crippen LogP contribution in [0.3, 0.4) is 0 Å². The molecule has 24 heavy (non-hydrogen) atoms. The number of pyridine rings is 1. The van der Waals surface area contributed by atoms with Crippen LogP contribution in [0.2, 0.25) is 0 Å². The standard InChI is InChI=1S/C17H25N5O.HI/c1-4-19-17(22(3)14-15-7-6-11-21(15)2)20-10-12-23-16-8-5-9-18-13-16;/h5-9,11,13H,4,10,12,14H2,1-3H3,(H,19,20);1H. The highest BCUT2D eigenvalue weighted by Crippen LogP contribution is 2.06. The molecule has 0 spiro atoms. The molecule has 6 nitrogen and oxygen atoms in total. The number of halogens is 1. The van der Waals surface area contributed by atoms with E-state index in [1.54, 1.807) is 12.4 Å². The highest BCUT2D eigenvalue weighted by Gasteiger charge is 2.08. The molecule has 132 valence electrons. The first kappa shape index (κ1) is 20.3. The predicted molar refractivity (Wildman–Crippen MR) is 108 cm³/mol. The lowest BCUT2D eigenvalue weighted by Gasteiger charge is -2.22. The summed E-state index contributed by atoms with van der Waals surface area (Å²) in [5.74, 6) is 1.65. The van der Waals surface area contributed by atoms with Gasteiger partial charge < -0.3 is 19.5 Å². The third-order valence-corrected chi connectivity index (χ3v) is 3.40. The fraction of sp³-hybridized carbons (Fsp3) is 0.412. The normalized spacial score (nSPS) is 10.9. The van der Waals surface area contributed by atoms with Crippen LogP contribution in [0.5, 0.6) is 5.75 Å². The predicted octanol–water partition coefficient (Wildman–Crippen LogP) is 2.51. The van der Waals surface area contributed by atoms with Crippen molar-refractivity contribution in [2.24, 2.45) is 12.0 Å². The van der Waals surface area contributed by atoms with Gasteiger partial charge in [0.1, 0.15) is 12.4 Å². The van der Waals surface area contributed by atoms with Crippen molar-refractivity contribution < 1.29 is 4.74 Å². The van der Waals surface area contributed by atoms with E-state index in [9.17, 15) is 0 Å². The number of aryl methyl sites for hydroxylation is 1. The Balaban J connectivity index is 0.00000288. The Labute approximate surface area is 161 Å². The van der Waals surface area contributed by atoms with Crippen LogP contribution >= 0.6 is 24.0 Å². The van der Waals surface area contributed by atoms with Gasteiger partial charge in [0.05, 0.1) is 19.3 Å². The number of hydrogen-bond acceptors (Lipinski definition) is 3. The van der Waals surface area contributed by atoms with Gasteiger partial charge in [-0.15, -0.1) is 24.0 Å². The molecule has 0 aromatic carbocycles. The number of rotatable bonds is 7. The molecule has 2 rings (SSSR count). The van der Waals surface area contributed by atoms with Gasteiger partial charge in [-0.3, -0.25) is 4.98 Å². The Kier molecular flexibility index (Phi) is 9.21. The molecule has 0 aliphatic heterocycles. The van der Waals surface area contributed by atoms with E-state index in [2.05, 4.69) is 57.1 Å². The lowest BCUT2D eigenvalue weighted by atomic mass is 10.4. The van der Waals surface area contributed by atoms with E-state index in [1.165, 1.54) is 5.69 Å². The molecule has 0 saturated carbocycles. The quantitative estimate of drug-likeness (QED) is 0.309. The molecule has 2 aromatic heterocycles. The van der Waals surface area contributed by atoms with Crippen molar-refractivity contribution in [3.63, 3.8) is 0 Å². The molecule has 0 fully saturated rings. The number of nitrogens with one attached hydrogen (secondary N) is 1. The van der Waals surface area contributed by atoms with E-state index in [4.69, 9.17) is 4.74 Å². The van der Waals surface area contributed by atoms with E-state index in [1.807, 2.05) is 19.2 Å². The molecule has 1 N–H and O–H groups in total. The fourth-order valence-corrected chi connectivity index (χ4v) is 2.20. The van der Waals surface area contributed by atoms with E-state index < -0.39 is 0 Å². The monoisotopic (exact) mass is 443 g/mol. The zero-order chi connectivity index (χ0) is 16.5. The summed E-state index contributed by atoms with van der Waals surface area (Å²) in [6.07, 6.45) is 5.48. The van der Waals surface area contributed by atoms with E-state index >= 15 is 0 Å². The smallest absolute Gasteiger partial charge is 0.194 e. The Morgan fingerprint density at radius 1 is 1.38 bits per heavy atom. The molecular weight excluding hydrogens is 417 g/mol. The lowest BCUT2D eigenvalue weighted by molar-refractivity contribution is 0.326. The summed E-state index contributed by atoms with van der Waals surface area (Å²) in [6.45, 7) is 4.82. The average Bonchev–Trinajstić information content (AvgIpc) is 2.96. The van der Waals surface area contributed by atoms with Crippen molar-refractivity contribution >= 4 is 29.9 Å². The summed E-state index contributed by atoms with van der Waals surface area (Å²) in [5.41, 5.74) is 1.24. The van der Waals surface area contributed by atoms with Gasteiger partial charge in [0.2, 0.25) is 0 Å². The van der Waals surface area contributed by atoms with Crippen LogP contribution < -0.4 is 10.1 Å². The van der Waals surface area contributed by atoms with Gasteiger partial charge >= 0.3 is 0 Å². The second-order valence-electron chi connectivity index (χ2n) is 5.24. The van der Waals surface area contributed by atoms with Gasteiger partial charge in [-0.1, -0.05) is 0 Å². The van der Waals surface area contributed by atoms with Gasteiger partial charge in [0, 0.05) is 38.7 Å². The third kappa shape index (κ3) is 6.38. The fourth-order valence-electron chi connectivity index (χ4n) is 2.20. The molecule has 0 amide bonds. The molecule has 0 aliphatic rings. The molecule has 0 unspecified atom stereocenters. The number of aromatic nitrogens is 2. The number of nitrogens with zero attached hydrogens (tertiary/aromatic N) is 4. The summed E-state index contributed by atoms with van der Waals surface area (Å²) in [7, 11) is 4.09. The average molecular weight is 443 g/mol. The van der Waals surface area contributed by atoms with Crippen LogP contribution in [0.15, 0.2) is 47.8 Å². The van der Waals surface area contributed by atoms with Crippen LogP contribution in [0.4, 0.5) is 0 Å². The molecule has 7 heteroatoms. The largest absolute Gasteiger partial charge is 0.490 e. The van der Waals surface area contributed by atoms with Crippen LogP contribution in [0.1, 0.15) is 12.6 Å². The van der Waals surface area contributed by atoms with Crippen molar-refractivity contribution in [3.8, 4) is 5.75 Å². The number of hydrogen-bond donors (Lipinski definition) is 1. The van der Waals surface area contributed by atoms with E-state index in [-0.39, 0.29) is 24.0 Å². The highest BCUT2D eigenvalue weighted by atomic mass is 127. The van der Waals surface area contributed by atoms with E-state index in [0.29, 0.717) is 13.2 Å². The summed E-state index contributed by atoms with van der Waals surface area (Å²) in [5, 5.41) is 3.31. The summed E-state index contributed by atoms with van der Waals surface area (Å²) in [6, 6.07) is 7.92. The van der Waals surface area contributed by atoms with Gasteiger partial charge in [-0.05, 0) is 31.2 Å². The zero-order valence-electron chi connectivity index (χ0n) is 14.5. The molecule has 0 saturated heterocycles. The maximum Gasteiger partial charge on any atom is 0.194 e. The Morgan fingerprint density at radius 2 is 2.21 bits per heavy atom. The molecule has 2 aromatic rings. The van der Waals surface area contributed by atoms with Gasteiger partial charge in [-0.2, -0.15) is 0 Å². The maximum absolute atomic E-state index is 5.62. The number of guanidine groups is 1. The summed E-state index contributed by atoms with van der Waals surface area (Å²) < 4.78 is 7.74. The Morgan fingerprint density at radius 3 is 2.83 bits per heavy atom. The van der Waals surface area contributed by atoms with E-state index in [0.717, 1.165) is 24.8 Å². The first-order chi connectivity index (χ1) is 11.2. The minimum Gasteiger partial charge on any atom is -0.490 e. The molecular formula is C17H26IN5O. The molecule has 0 bridgehead atoms. The van der Waals surface area contributed by atoms with Crippen molar-refractivity contribution in [2.45, 2.75) is 13.5 Å². The minimum atomic E-state index is 0. The van der Waals surface area contributed by atoms with Gasteiger partial charge in [0.15, 0.2) is 5.96 Å². The van der Waals surface area contributed by atoms with Crippen LogP contribution in [0, 0.1) is 0 Å². The molecule has 0 radical (unpaired) electrons. The first-order valence-corrected chi connectivity index (χ1v) is 7.83. The highest BCUT2D eigenvalue weighted by molar-refractivity contribution is 14.0. The molecule has 2 heterocycles. The van der Waals surface area contributed by atoms with Crippen molar-refractivity contribution in [2.75, 3.05) is 26.7 Å². The second kappa shape index (κ2) is 10.9.